The number of aliphatic hydroxyl groups excluding tert-OH is 2. The summed E-state index contributed by atoms with van der Waals surface area (Å²) in [5.74, 6) is -0.0186. The molecule has 1 aliphatic rings. The van der Waals surface area contributed by atoms with E-state index in [4.69, 9.17) is 11.6 Å². The van der Waals surface area contributed by atoms with Gasteiger partial charge in [0.15, 0.2) is 0 Å². The Kier molecular flexibility index (Phi) is 5.02. The Morgan fingerprint density at radius 2 is 2.04 bits per heavy atom. The van der Waals surface area contributed by atoms with Gasteiger partial charge in [0.1, 0.15) is 5.15 Å². The molecule has 2 atom stereocenters. The van der Waals surface area contributed by atoms with Crippen LogP contribution in [0.25, 0.3) is 5.69 Å². The standard InChI is InChI=1S/C17H22ClN3O2/c1-12-15(9-20-8-7-13(11-22)16(23)10-20)17(18)21(19-12)14-5-3-2-4-6-14/h2-6,13,16,22-23H,7-11H2,1H3/t13-,16-/m1/s1. The molecule has 23 heavy (non-hydrogen) atoms. The number of hydrogen-bond acceptors (Lipinski definition) is 4. The van der Waals surface area contributed by atoms with Crippen molar-refractivity contribution >= 4 is 11.6 Å². The third-order valence-electron chi connectivity index (χ3n) is 4.54. The normalized spacial score (nSPS) is 22.4. The number of hydrogen-bond donors (Lipinski definition) is 2. The number of aryl methyl sites for hydroxylation is 1. The molecule has 0 spiro atoms. The minimum atomic E-state index is -0.489. The second kappa shape index (κ2) is 7.01. The van der Waals surface area contributed by atoms with Crippen molar-refractivity contribution < 1.29 is 10.2 Å². The van der Waals surface area contributed by atoms with Gasteiger partial charge in [0.05, 0.1) is 17.5 Å². The highest BCUT2D eigenvalue weighted by Crippen LogP contribution is 2.26. The van der Waals surface area contributed by atoms with Crippen LogP contribution in [0.1, 0.15) is 17.7 Å². The first kappa shape index (κ1) is 16.5. The van der Waals surface area contributed by atoms with Crippen LogP contribution < -0.4 is 0 Å². The van der Waals surface area contributed by atoms with Gasteiger partial charge in [0.25, 0.3) is 0 Å². The average molecular weight is 336 g/mol. The molecule has 124 valence electrons. The van der Waals surface area contributed by atoms with Crippen molar-refractivity contribution in [2.24, 2.45) is 5.92 Å². The summed E-state index contributed by atoms with van der Waals surface area (Å²) in [6.07, 6.45) is 0.304. The first-order valence-corrected chi connectivity index (χ1v) is 8.28. The van der Waals surface area contributed by atoms with Crippen molar-refractivity contribution in [2.75, 3.05) is 19.7 Å². The number of rotatable bonds is 4. The summed E-state index contributed by atoms with van der Waals surface area (Å²) < 4.78 is 1.75. The molecule has 2 aromatic rings. The number of nitrogens with zero attached hydrogens (tertiary/aromatic N) is 3. The zero-order valence-corrected chi connectivity index (χ0v) is 13.9. The van der Waals surface area contributed by atoms with Crippen LogP contribution in [0.3, 0.4) is 0 Å². The highest BCUT2D eigenvalue weighted by atomic mass is 35.5. The van der Waals surface area contributed by atoms with Gasteiger partial charge < -0.3 is 10.2 Å². The van der Waals surface area contributed by atoms with E-state index in [-0.39, 0.29) is 12.5 Å². The lowest BCUT2D eigenvalue weighted by atomic mass is 9.94. The third-order valence-corrected chi connectivity index (χ3v) is 4.93. The summed E-state index contributed by atoms with van der Waals surface area (Å²) in [6.45, 7) is 4.05. The molecule has 0 amide bonds. The van der Waals surface area contributed by atoms with Gasteiger partial charge in [-0.1, -0.05) is 29.8 Å². The number of piperidine rings is 1. The van der Waals surface area contributed by atoms with E-state index in [2.05, 4.69) is 10.00 Å². The van der Waals surface area contributed by atoms with Crippen LogP contribution in [0.2, 0.25) is 5.15 Å². The minimum absolute atomic E-state index is 0.0186. The predicted octanol–water partition coefficient (Wildman–Crippen LogP) is 2.01. The fourth-order valence-electron chi connectivity index (χ4n) is 3.08. The Morgan fingerprint density at radius 1 is 1.30 bits per heavy atom. The van der Waals surface area contributed by atoms with E-state index in [1.54, 1.807) is 4.68 Å². The molecule has 1 saturated heterocycles. The monoisotopic (exact) mass is 335 g/mol. The van der Waals surface area contributed by atoms with Crippen LogP contribution >= 0.6 is 11.6 Å². The Hall–Kier alpha value is -1.40. The zero-order valence-electron chi connectivity index (χ0n) is 13.2. The minimum Gasteiger partial charge on any atom is -0.396 e. The summed E-state index contributed by atoms with van der Waals surface area (Å²) in [4.78, 5) is 2.17. The molecule has 0 radical (unpaired) electrons. The lowest BCUT2D eigenvalue weighted by Crippen LogP contribution is -2.44. The number of para-hydroxylation sites is 1. The molecule has 1 aromatic carbocycles. The summed E-state index contributed by atoms with van der Waals surface area (Å²) in [6, 6.07) is 9.81. The van der Waals surface area contributed by atoms with Crippen molar-refractivity contribution in [1.29, 1.82) is 0 Å². The number of β-amino-alcohol motifs (C(OH)–C–C–N with tert-alkyl or cyclic N) is 1. The topological polar surface area (TPSA) is 61.5 Å². The Balaban J connectivity index is 1.78. The molecule has 0 bridgehead atoms. The van der Waals surface area contributed by atoms with E-state index < -0.39 is 6.10 Å². The van der Waals surface area contributed by atoms with E-state index in [0.29, 0.717) is 18.2 Å². The predicted molar refractivity (Wildman–Crippen MR) is 89.8 cm³/mol. The van der Waals surface area contributed by atoms with Crippen LogP contribution in [0.5, 0.6) is 0 Å². The van der Waals surface area contributed by atoms with Crippen molar-refractivity contribution in [3.8, 4) is 5.69 Å². The number of likely N-dealkylation sites (tertiary alicyclic amines) is 1. The van der Waals surface area contributed by atoms with E-state index in [1.165, 1.54) is 0 Å². The average Bonchev–Trinajstić information content (AvgIpc) is 2.84. The number of aliphatic hydroxyl groups is 2. The molecule has 5 nitrogen and oxygen atoms in total. The molecule has 1 aliphatic heterocycles. The van der Waals surface area contributed by atoms with Crippen molar-refractivity contribution in [2.45, 2.75) is 26.0 Å². The Labute approximate surface area is 141 Å². The van der Waals surface area contributed by atoms with Gasteiger partial charge in [0, 0.05) is 31.2 Å². The maximum absolute atomic E-state index is 10.1. The number of benzene rings is 1. The largest absolute Gasteiger partial charge is 0.396 e. The second-order valence-electron chi connectivity index (χ2n) is 6.14. The Morgan fingerprint density at radius 3 is 2.70 bits per heavy atom. The molecular formula is C17H22ClN3O2. The van der Waals surface area contributed by atoms with Gasteiger partial charge in [-0.15, -0.1) is 0 Å². The van der Waals surface area contributed by atoms with Crippen LogP contribution in [0.15, 0.2) is 30.3 Å². The fraction of sp³-hybridized carbons (Fsp3) is 0.471. The summed E-state index contributed by atoms with van der Waals surface area (Å²) in [5, 5.41) is 24.5. The van der Waals surface area contributed by atoms with Gasteiger partial charge in [-0.3, -0.25) is 4.90 Å². The Bertz CT molecular complexity index is 659. The van der Waals surface area contributed by atoms with Crippen molar-refractivity contribution in [1.82, 2.24) is 14.7 Å². The van der Waals surface area contributed by atoms with Gasteiger partial charge in [-0.2, -0.15) is 5.10 Å². The van der Waals surface area contributed by atoms with Crippen molar-refractivity contribution in [3.05, 3.63) is 46.7 Å². The summed E-state index contributed by atoms with van der Waals surface area (Å²) in [5.41, 5.74) is 2.83. The number of aromatic nitrogens is 2. The van der Waals surface area contributed by atoms with Crippen LogP contribution in [0, 0.1) is 12.8 Å². The van der Waals surface area contributed by atoms with E-state index in [1.807, 2.05) is 37.3 Å². The van der Waals surface area contributed by atoms with E-state index in [9.17, 15) is 10.2 Å². The first-order chi connectivity index (χ1) is 11.1. The molecule has 0 unspecified atom stereocenters. The lowest BCUT2D eigenvalue weighted by molar-refractivity contribution is -0.00449. The van der Waals surface area contributed by atoms with Gasteiger partial charge >= 0.3 is 0 Å². The highest BCUT2D eigenvalue weighted by molar-refractivity contribution is 6.30. The van der Waals surface area contributed by atoms with E-state index in [0.717, 1.165) is 29.9 Å². The van der Waals surface area contributed by atoms with Crippen LogP contribution in [-0.2, 0) is 6.54 Å². The SMILES string of the molecule is Cc1nn(-c2ccccc2)c(Cl)c1CN1CC[C@H](CO)[C@H](O)C1. The lowest BCUT2D eigenvalue weighted by Gasteiger charge is -2.35. The molecule has 0 saturated carbocycles. The van der Waals surface area contributed by atoms with Crippen LogP contribution in [-0.4, -0.2) is 50.7 Å². The number of halogens is 1. The quantitative estimate of drug-likeness (QED) is 0.897. The molecule has 3 rings (SSSR count). The smallest absolute Gasteiger partial charge is 0.137 e. The van der Waals surface area contributed by atoms with E-state index >= 15 is 0 Å². The molecule has 6 heteroatoms. The van der Waals surface area contributed by atoms with Crippen molar-refractivity contribution in [3.63, 3.8) is 0 Å². The van der Waals surface area contributed by atoms with Crippen LogP contribution in [0.4, 0.5) is 0 Å². The highest BCUT2D eigenvalue weighted by Gasteiger charge is 2.28. The van der Waals surface area contributed by atoms with Gasteiger partial charge in [-0.25, -0.2) is 4.68 Å². The maximum atomic E-state index is 10.1. The maximum Gasteiger partial charge on any atom is 0.137 e. The zero-order chi connectivity index (χ0) is 16.4. The molecular weight excluding hydrogens is 314 g/mol. The molecule has 1 aromatic heterocycles. The van der Waals surface area contributed by atoms with Gasteiger partial charge in [-0.05, 0) is 32.0 Å². The molecule has 1 fully saturated rings. The molecule has 0 aliphatic carbocycles. The molecule has 2 N–H and O–H groups in total. The van der Waals surface area contributed by atoms with Gasteiger partial charge in [0.2, 0.25) is 0 Å². The molecule has 2 heterocycles. The second-order valence-corrected chi connectivity index (χ2v) is 6.49. The summed E-state index contributed by atoms with van der Waals surface area (Å²) >= 11 is 6.55. The summed E-state index contributed by atoms with van der Waals surface area (Å²) in [7, 11) is 0. The first-order valence-electron chi connectivity index (χ1n) is 7.91. The fourth-order valence-corrected chi connectivity index (χ4v) is 3.41. The third kappa shape index (κ3) is 3.43.